The van der Waals surface area contributed by atoms with Crippen LogP contribution >= 0.6 is 0 Å². The zero-order valence-electron chi connectivity index (χ0n) is 34.3. The number of imide groups is 1. The van der Waals surface area contributed by atoms with Crippen molar-refractivity contribution in [3.63, 3.8) is 0 Å². The smallest absolute Gasteiger partial charge is 0.356 e. The van der Waals surface area contributed by atoms with Gasteiger partial charge in [0.25, 0.3) is 11.8 Å². The number of ether oxygens (including phenoxy) is 1. The molecule has 61 heavy (non-hydrogen) atoms. The van der Waals surface area contributed by atoms with E-state index in [1.54, 1.807) is 15.5 Å². The number of unbranched alkanes of at least 4 members (excludes halogenated alkanes) is 2. The van der Waals surface area contributed by atoms with Crippen LogP contribution < -0.4 is 20.7 Å². The number of carboxylic acids is 1. The Morgan fingerprint density at radius 3 is 2.44 bits per heavy atom. The van der Waals surface area contributed by atoms with Gasteiger partial charge >= 0.3 is 5.97 Å². The van der Waals surface area contributed by atoms with Gasteiger partial charge in [0, 0.05) is 64.9 Å². The fourth-order valence-corrected chi connectivity index (χ4v) is 8.68. The van der Waals surface area contributed by atoms with Crippen LogP contribution in [0, 0.1) is 13.8 Å². The van der Waals surface area contributed by atoms with E-state index in [0.29, 0.717) is 62.2 Å². The SMILES string of the molecule is Cc1cc(C(=O)NCCCCCNc2cccc3c2CN(C2CCC(=O)NC2=O)C3=O)cc(C)c1-c1cccc2c(CCCOc3cccc4ccccc34)c(C(=O)O)nn12. The molecule has 4 aromatic carbocycles. The Kier molecular flexibility index (Phi) is 11.8. The average Bonchev–Trinajstić information content (AvgIpc) is 3.80. The molecular formula is C48H48N6O7. The van der Waals surface area contributed by atoms with Crippen LogP contribution in [0.2, 0.25) is 0 Å². The van der Waals surface area contributed by atoms with Gasteiger partial charge in [-0.25, -0.2) is 9.31 Å². The van der Waals surface area contributed by atoms with Gasteiger partial charge in [-0.3, -0.25) is 24.5 Å². The van der Waals surface area contributed by atoms with Crippen molar-refractivity contribution in [3.8, 4) is 17.0 Å². The number of carbonyl (C=O) groups excluding carboxylic acids is 4. The Labute approximate surface area is 353 Å². The highest BCUT2D eigenvalue weighted by atomic mass is 16.5. The fraction of sp³-hybridized carbons (Fsp3) is 0.292. The number of hydrogen-bond acceptors (Lipinski definition) is 8. The van der Waals surface area contributed by atoms with E-state index in [4.69, 9.17) is 4.74 Å². The molecule has 2 aliphatic heterocycles. The van der Waals surface area contributed by atoms with Gasteiger partial charge in [0.15, 0.2) is 5.69 Å². The summed E-state index contributed by atoms with van der Waals surface area (Å²) in [5, 5.41) is 25.7. The van der Waals surface area contributed by atoms with Crippen LogP contribution in [0.4, 0.5) is 5.69 Å². The molecule has 0 radical (unpaired) electrons. The van der Waals surface area contributed by atoms with Gasteiger partial charge in [0.2, 0.25) is 11.8 Å². The van der Waals surface area contributed by atoms with Crippen molar-refractivity contribution < 1.29 is 33.8 Å². The average molecular weight is 821 g/mol. The van der Waals surface area contributed by atoms with Crippen LogP contribution in [0.5, 0.6) is 5.75 Å². The number of fused-ring (bicyclic) bond motifs is 3. The maximum Gasteiger partial charge on any atom is 0.356 e. The van der Waals surface area contributed by atoms with Gasteiger partial charge in [-0.15, -0.1) is 0 Å². The number of aryl methyl sites for hydroxylation is 3. The molecule has 2 aliphatic rings. The summed E-state index contributed by atoms with van der Waals surface area (Å²) in [6.45, 7) is 5.81. The Balaban J connectivity index is 0.847. The first-order valence-corrected chi connectivity index (χ1v) is 20.8. The van der Waals surface area contributed by atoms with E-state index in [2.05, 4.69) is 21.0 Å². The maximum atomic E-state index is 13.3. The van der Waals surface area contributed by atoms with Gasteiger partial charge in [0.1, 0.15) is 11.8 Å². The molecule has 0 aliphatic carbocycles. The molecule has 13 heteroatoms. The lowest BCUT2D eigenvalue weighted by atomic mass is 9.96. The minimum absolute atomic E-state index is 0.0122. The predicted octanol–water partition coefficient (Wildman–Crippen LogP) is 7.25. The van der Waals surface area contributed by atoms with Crippen molar-refractivity contribution >= 4 is 51.6 Å². The molecule has 1 saturated heterocycles. The van der Waals surface area contributed by atoms with E-state index in [1.807, 2.05) is 98.8 Å². The Hall–Kier alpha value is -7.02. The third-order valence-electron chi connectivity index (χ3n) is 11.6. The summed E-state index contributed by atoms with van der Waals surface area (Å²) in [7, 11) is 0. The number of nitrogens with zero attached hydrogens (tertiary/aromatic N) is 3. The molecule has 4 N–H and O–H groups in total. The topological polar surface area (TPSA) is 171 Å². The number of hydrogen-bond donors (Lipinski definition) is 4. The molecule has 4 heterocycles. The summed E-state index contributed by atoms with van der Waals surface area (Å²) >= 11 is 0. The summed E-state index contributed by atoms with van der Waals surface area (Å²) in [4.78, 5) is 64.5. The number of pyridine rings is 1. The van der Waals surface area contributed by atoms with Crippen LogP contribution in [0.15, 0.2) is 91.0 Å². The normalized spacial score (nSPS) is 15.0. The van der Waals surface area contributed by atoms with E-state index >= 15 is 0 Å². The number of aromatic nitrogens is 2. The van der Waals surface area contributed by atoms with Crippen LogP contribution in [-0.4, -0.2) is 75.0 Å². The molecule has 1 atom stereocenters. The Morgan fingerprint density at radius 2 is 1.64 bits per heavy atom. The first kappa shape index (κ1) is 40.7. The van der Waals surface area contributed by atoms with Gasteiger partial charge in [0.05, 0.1) is 17.8 Å². The molecule has 2 aromatic heterocycles. The number of rotatable bonds is 16. The van der Waals surface area contributed by atoms with Crippen LogP contribution in [-0.2, 0) is 22.6 Å². The number of anilines is 1. The minimum Gasteiger partial charge on any atom is -0.493 e. The number of aromatic carboxylic acids is 1. The second kappa shape index (κ2) is 17.7. The van der Waals surface area contributed by atoms with E-state index < -0.39 is 17.9 Å². The van der Waals surface area contributed by atoms with Crippen molar-refractivity contribution in [2.75, 3.05) is 25.0 Å². The van der Waals surface area contributed by atoms with E-state index in [1.165, 1.54) is 0 Å². The van der Waals surface area contributed by atoms with Gasteiger partial charge in [-0.2, -0.15) is 5.10 Å². The highest BCUT2D eigenvalue weighted by Crippen LogP contribution is 2.34. The first-order chi connectivity index (χ1) is 29.6. The maximum absolute atomic E-state index is 13.3. The zero-order valence-corrected chi connectivity index (χ0v) is 34.3. The highest BCUT2D eigenvalue weighted by Gasteiger charge is 2.39. The second-order valence-corrected chi connectivity index (χ2v) is 15.7. The number of amides is 4. The lowest BCUT2D eigenvalue weighted by molar-refractivity contribution is -0.136. The van der Waals surface area contributed by atoms with Crippen molar-refractivity contribution in [2.45, 2.75) is 71.4 Å². The molecule has 312 valence electrons. The molecule has 0 saturated carbocycles. The van der Waals surface area contributed by atoms with Crippen molar-refractivity contribution in [1.82, 2.24) is 25.1 Å². The lowest BCUT2D eigenvalue weighted by Gasteiger charge is -2.29. The summed E-state index contributed by atoms with van der Waals surface area (Å²) < 4.78 is 7.85. The van der Waals surface area contributed by atoms with E-state index in [9.17, 15) is 29.1 Å². The van der Waals surface area contributed by atoms with Gasteiger partial charge < -0.3 is 25.4 Å². The monoisotopic (exact) mass is 820 g/mol. The van der Waals surface area contributed by atoms with E-state index in [-0.39, 0.29) is 29.8 Å². The van der Waals surface area contributed by atoms with Gasteiger partial charge in [-0.1, -0.05) is 48.5 Å². The van der Waals surface area contributed by atoms with E-state index in [0.717, 1.165) is 74.9 Å². The van der Waals surface area contributed by atoms with Gasteiger partial charge in [-0.05, 0) is 111 Å². The molecule has 0 bridgehead atoms. The molecule has 13 nitrogen and oxygen atoms in total. The third kappa shape index (κ3) is 8.41. The molecule has 6 aromatic rings. The van der Waals surface area contributed by atoms with Crippen LogP contribution in [0.3, 0.4) is 0 Å². The quantitative estimate of drug-likeness (QED) is 0.0580. The standard InChI is InChI=1S/C48H48N6O7/c1-29-26-32(45(56)50-24-7-3-6-23-49-37-17-9-15-34-36(37)28-53(47(34)58)40-21-22-42(55)51-46(40)57)27-30(2)43(29)39-19-10-18-38-35(44(48(59)60)52-54(38)39)16-11-25-61-41-20-8-13-31-12-4-5-14-33(31)41/h4-5,8-10,12-15,17-20,26-27,40,49H,3,6-7,11,16,21-25,28H2,1-2H3,(H,50,56)(H,59,60)(H,51,55,57). The number of carbonyl (C=O) groups is 5. The zero-order chi connectivity index (χ0) is 42.6. The second-order valence-electron chi connectivity index (χ2n) is 15.7. The Morgan fingerprint density at radius 1 is 0.885 bits per heavy atom. The van der Waals surface area contributed by atoms with Crippen molar-refractivity contribution in [3.05, 3.63) is 130 Å². The summed E-state index contributed by atoms with van der Waals surface area (Å²) in [6, 6.07) is 28.3. The fourth-order valence-electron chi connectivity index (χ4n) is 8.68. The molecular weight excluding hydrogens is 773 g/mol. The highest BCUT2D eigenvalue weighted by molar-refractivity contribution is 6.06. The molecule has 4 amide bonds. The van der Waals surface area contributed by atoms with Crippen molar-refractivity contribution in [2.24, 2.45) is 0 Å². The van der Waals surface area contributed by atoms with Crippen molar-refractivity contribution in [1.29, 1.82) is 0 Å². The number of benzene rings is 4. The molecule has 8 rings (SSSR count). The molecule has 1 unspecified atom stereocenters. The molecule has 0 spiro atoms. The minimum atomic E-state index is -1.09. The molecule has 1 fully saturated rings. The van der Waals surface area contributed by atoms with Crippen LogP contribution in [0.25, 0.3) is 27.5 Å². The largest absolute Gasteiger partial charge is 0.493 e. The Bertz CT molecular complexity index is 2680. The number of carboxylic acid groups (broad SMARTS) is 1. The third-order valence-corrected chi connectivity index (χ3v) is 11.6. The summed E-state index contributed by atoms with van der Waals surface area (Å²) in [5.41, 5.74) is 7.58. The lowest BCUT2D eigenvalue weighted by Crippen LogP contribution is -2.52. The summed E-state index contributed by atoms with van der Waals surface area (Å²) in [5.74, 6) is -1.40. The first-order valence-electron chi connectivity index (χ1n) is 20.8. The predicted molar refractivity (Wildman–Crippen MR) is 232 cm³/mol. The van der Waals surface area contributed by atoms with Crippen LogP contribution in [0.1, 0.15) is 92.0 Å². The number of nitrogens with one attached hydrogen (secondary N) is 3. The summed E-state index contributed by atoms with van der Waals surface area (Å²) in [6.07, 6.45) is 4.09. The number of piperidine rings is 1.